The largest absolute Gasteiger partial charge is 0.240 e. The Bertz CT molecular complexity index is 809. The first-order valence-corrected chi connectivity index (χ1v) is 6.21. The Labute approximate surface area is 116 Å². The minimum absolute atomic E-state index is 0.335. The van der Waals surface area contributed by atoms with Crippen molar-refractivity contribution >= 4 is 34.3 Å². The fraction of sp³-hybridized carbons (Fsp3) is 0.250. The second kappa shape index (κ2) is 5.22. The maximum absolute atomic E-state index is 10.7. The van der Waals surface area contributed by atoms with Crippen molar-refractivity contribution in [3.05, 3.63) is 34.4 Å². The molecule has 0 spiro atoms. The standard InChI is InChI=1S/C16H14N2O2/c1-9-10(2)12(4)15-13(11(9)3)5-6-14(17-7-19)16(15)18-8-20/h5-6H,1-4H3. The highest BCUT2D eigenvalue weighted by atomic mass is 16.1. The molecule has 100 valence electrons. The molecule has 0 aliphatic rings. The van der Waals surface area contributed by atoms with Crippen LogP contribution in [0.2, 0.25) is 0 Å². The monoisotopic (exact) mass is 266 g/mol. The van der Waals surface area contributed by atoms with Crippen LogP contribution in [0.3, 0.4) is 0 Å². The van der Waals surface area contributed by atoms with Gasteiger partial charge in [0.05, 0.1) is 0 Å². The van der Waals surface area contributed by atoms with Gasteiger partial charge in [-0.15, -0.1) is 0 Å². The predicted molar refractivity (Wildman–Crippen MR) is 78.5 cm³/mol. The summed E-state index contributed by atoms with van der Waals surface area (Å²) in [5.74, 6) is 0. The van der Waals surface area contributed by atoms with Crippen molar-refractivity contribution in [1.29, 1.82) is 0 Å². The summed E-state index contributed by atoms with van der Waals surface area (Å²) in [6.07, 6.45) is 3.03. The lowest BCUT2D eigenvalue weighted by Crippen LogP contribution is -1.94. The number of aryl methyl sites for hydroxylation is 2. The van der Waals surface area contributed by atoms with Gasteiger partial charge in [0.25, 0.3) is 0 Å². The minimum atomic E-state index is 0.335. The van der Waals surface area contributed by atoms with Gasteiger partial charge in [-0.1, -0.05) is 6.07 Å². The van der Waals surface area contributed by atoms with Gasteiger partial charge in [-0.2, -0.15) is 9.98 Å². The first kappa shape index (κ1) is 13.9. The number of fused-ring (bicyclic) bond motifs is 1. The molecule has 0 aromatic heterocycles. The van der Waals surface area contributed by atoms with Crippen LogP contribution in [0, 0.1) is 27.7 Å². The van der Waals surface area contributed by atoms with E-state index in [0.717, 1.165) is 27.5 Å². The normalized spacial score (nSPS) is 10.0. The molecule has 0 fully saturated rings. The van der Waals surface area contributed by atoms with Crippen LogP contribution in [-0.2, 0) is 9.59 Å². The van der Waals surface area contributed by atoms with Gasteiger partial charge in [0.2, 0.25) is 12.2 Å². The van der Waals surface area contributed by atoms with E-state index in [1.54, 1.807) is 12.1 Å². The number of nitrogens with zero attached hydrogens (tertiary/aromatic N) is 2. The van der Waals surface area contributed by atoms with E-state index in [1.807, 2.05) is 26.8 Å². The van der Waals surface area contributed by atoms with Crippen molar-refractivity contribution in [2.75, 3.05) is 0 Å². The van der Waals surface area contributed by atoms with Crippen molar-refractivity contribution in [3.8, 4) is 0 Å². The summed E-state index contributed by atoms with van der Waals surface area (Å²) < 4.78 is 0. The first-order chi connectivity index (χ1) is 9.52. The second-order valence-electron chi connectivity index (χ2n) is 4.76. The third kappa shape index (κ3) is 1.97. The molecule has 4 nitrogen and oxygen atoms in total. The molecule has 0 saturated carbocycles. The van der Waals surface area contributed by atoms with Crippen LogP contribution in [0.15, 0.2) is 22.1 Å². The second-order valence-corrected chi connectivity index (χ2v) is 4.76. The summed E-state index contributed by atoms with van der Waals surface area (Å²) in [5, 5.41) is 1.84. The number of benzene rings is 2. The van der Waals surface area contributed by atoms with Crippen LogP contribution in [0.25, 0.3) is 10.8 Å². The lowest BCUT2D eigenvalue weighted by atomic mass is 9.90. The van der Waals surface area contributed by atoms with E-state index in [9.17, 15) is 9.59 Å². The van der Waals surface area contributed by atoms with E-state index in [0.29, 0.717) is 11.4 Å². The lowest BCUT2D eigenvalue weighted by Gasteiger charge is -2.15. The zero-order valence-corrected chi connectivity index (χ0v) is 11.9. The summed E-state index contributed by atoms with van der Waals surface area (Å²) in [4.78, 5) is 28.6. The summed E-state index contributed by atoms with van der Waals surface area (Å²) in [6.45, 7) is 8.10. The van der Waals surface area contributed by atoms with Crippen molar-refractivity contribution in [2.45, 2.75) is 27.7 Å². The van der Waals surface area contributed by atoms with Crippen molar-refractivity contribution in [3.63, 3.8) is 0 Å². The van der Waals surface area contributed by atoms with Crippen LogP contribution in [-0.4, -0.2) is 12.2 Å². The third-order valence-corrected chi connectivity index (χ3v) is 3.95. The average Bonchev–Trinajstić information content (AvgIpc) is 2.44. The third-order valence-electron chi connectivity index (χ3n) is 3.95. The van der Waals surface area contributed by atoms with Gasteiger partial charge in [0.15, 0.2) is 0 Å². The molecule has 20 heavy (non-hydrogen) atoms. The van der Waals surface area contributed by atoms with Crippen molar-refractivity contribution < 1.29 is 9.59 Å². The maximum Gasteiger partial charge on any atom is 0.240 e. The van der Waals surface area contributed by atoms with E-state index in [4.69, 9.17) is 0 Å². The van der Waals surface area contributed by atoms with Crippen molar-refractivity contribution in [1.82, 2.24) is 0 Å². The fourth-order valence-corrected chi connectivity index (χ4v) is 2.52. The number of hydrogen-bond acceptors (Lipinski definition) is 4. The fourth-order valence-electron chi connectivity index (χ4n) is 2.52. The molecule has 2 aromatic carbocycles. The molecule has 0 atom stereocenters. The van der Waals surface area contributed by atoms with Gasteiger partial charge < -0.3 is 0 Å². The highest BCUT2D eigenvalue weighted by molar-refractivity contribution is 6.03. The lowest BCUT2D eigenvalue weighted by molar-refractivity contribution is 0.564. The Hall–Kier alpha value is -2.54. The predicted octanol–water partition coefficient (Wildman–Crippen LogP) is 4.01. The molecule has 0 unspecified atom stereocenters. The topological polar surface area (TPSA) is 58.9 Å². The molecule has 2 rings (SSSR count). The first-order valence-electron chi connectivity index (χ1n) is 6.21. The molecule has 2 aromatic rings. The smallest absolute Gasteiger partial charge is 0.211 e. The highest BCUT2D eigenvalue weighted by Gasteiger charge is 2.15. The van der Waals surface area contributed by atoms with Crippen LogP contribution in [0.1, 0.15) is 22.3 Å². The molecule has 4 heteroatoms. The number of hydrogen-bond donors (Lipinski definition) is 0. The average molecular weight is 266 g/mol. The number of isocyanates is 2. The van der Waals surface area contributed by atoms with Gasteiger partial charge in [-0.3, -0.25) is 0 Å². The molecule has 0 amide bonds. The van der Waals surface area contributed by atoms with E-state index >= 15 is 0 Å². The number of aliphatic imine (C=N–C) groups is 2. The van der Waals surface area contributed by atoms with Gasteiger partial charge >= 0.3 is 0 Å². The zero-order chi connectivity index (χ0) is 14.9. The van der Waals surface area contributed by atoms with Crippen LogP contribution < -0.4 is 0 Å². The van der Waals surface area contributed by atoms with Crippen LogP contribution in [0.5, 0.6) is 0 Å². The van der Waals surface area contributed by atoms with Crippen LogP contribution in [0.4, 0.5) is 11.4 Å². The Kier molecular flexibility index (Phi) is 3.62. The SMILES string of the molecule is Cc1c(C)c(C)c2c(N=C=O)c(N=C=O)ccc2c1C. The van der Waals surface area contributed by atoms with E-state index in [2.05, 4.69) is 16.9 Å². The quantitative estimate of drug-likeness (QED) is 0.609. The molecular weight excluding hydrogens is 252 g/mol. The van der Waals surface area contributed by atoms with E-state index in [-0.39, 0.29) is 0 Å². The summed E-state index contributed by atoms with van der Waals surface area (Å²) in [5.41, 5.74) is 5.23. The molecule has 0 aliphatic carbocycles. The summed E-state index contributed by atoms with van der Waals surface area (Å²) in [7, 11) is 0. The molecular formula is C16H14N2O2. The maximum atomic E-state index is 10.7. The van der Waals surface area contributed by atoms with Crippen LogP contribution >= 0.6 is 0 Å². The Morgan fingerprint density at radius 3 is 2.00 bits per heavy atom. The Balaban J connectivity index is 3.12. The zero-order valence-electron chi connectivity index (χ0n) is 11.9. The summed E-state index contributed by atoms with van der Waals surface area (Å²) >= 11 is 0. The van der Waals surface area contributed by atoms with E-state index < -0.39 is 0 Å². The molecule has 0 bridgehead atoms. The highest BCUT2D eigenvalue weighted by Crippen LogP contribution is 2.40. The molecule has 0 radical (unpaired) electrons. The Morgan fingerprint density at radius 2 is 1.40 bits per heavy atom. The molecule has 0 saturated heterocycles. The van der Waals surface area contributed by atoms with Gasteiger partial charge in [0.1, 0.15) is 11.4 Å². The molecule has 0 aliphatic heterocycles. The van der Waals surface area contributed by atoms with Gasteiger partial charge in [-0.05, 0) is 61.4 Å². The van der Waals surface area contributed by atoms with Crippen molar-refractivity contribution in [2.24, 2.45) is 9.98 Å². The minimum Gasteiger partial charge on any atom is -0.211 e. The van der Waals surface area contributed by atoms with E-state index in [1.165, 1.54) is 11.6 Å². The summed E-state index contributed by atoms with van der Waals surface area (Å²) in [6, 6.07) is 3.56. The van der Waals surface area contributed by atoms with Gasteiger partial charge in [0, 0.05) is 5.39 Å². The Morgan fingerprint density at radius 1 is 0.800 bits per heavy atom. The number of carbonyl (C=O) groups excluding carboxylic acids is 2. The number of rotatable bonds is 2. The molecule has 0 N–H and O–H groups in total. The van der Waals surface area contributed by atoms with Gasteiger partial charge in [-0.25, -0.2) is 9.59 Å². The molecule has 0 heterocycles.